The monoisotopic (exact) mass is 201 g/mol. The fourth-order valence-corrected chi connectivity index (χ4v) is 1.48. The zero-order valence-electron chi connectivity index (χ0n) is 8.81. The van der Waals surface area contributed by atoms with Crippen LogP contribution in [0.25, 0.3) is 0 Å². The van der Waals surface area contributed by atoms with Gasteiger partial charge in [-0.3, -0.25) is 0 Å². The average Bonchev–Trinajstić information content (AvgIpc) is 2.25. The molecular weight excluding hydrogens is 186 g/mol. The van der Waals surface area contributed by atoms with Crippen LogP contribution < -0.4 is 10.5 Å². The van der Waals surface area contributed by atoms with Crippen molar-refractivity contribution in [2.45, 2.75) is 19.4 Å². The zero-order chi connectivity index (χ0) is 10.7. The number of nitrogens with two attached hydrogens (primary N) is 1. The molecule has 1 aromatic rings. The van der Waals surface area contributed by atoms with E-state index in [0.717, 1.165) is 17.9 Å². The van der Waals surface area contributed by atoms with Crippen LogP contribution in [0.15, 0.2) is 48.3 Å². The molecule has 2 N–H and O–H groups in total. The Labute approximate surface area is 90.1 Å². The summed E-state index contributed by atoms with van der Waals surface area (Å²) < 4.78 is 5.71. The molecule has 1 aliphatic carbocycles. The molecule has 0 amide bonds. The molecule has 1 aliphatic rings. The number of ether oxygens (including phenoxy) is 1. The highest BCUT2D eigenvalue weighted by Crippen LogP contribution is 2.19. The second kappa shape index (κ2) is 4.32. The molecule has 1 aromatic carbocycles. The van der Waals surface area contributed by atoms with Gasteiger partial charge in [0, 0.05) is 0 Å². The van der Waals surface area contributed by atoms with Crippen LogP contribution in [0.2, 0.25) is 0 Å². The van der Waals surface area contributed by atoms with E-state index in [9.17, 15) is 0 Å². The molecular formula is C13H15NO. The molecule has 0 spiro atoms. The van der Waals surface area contributed by atoms with Crippen LogP contribution in [0, 0.1) is 6.92 Å². The van der Waals surface area contributed by atoms with E-state index in [-0.39, 0.29) is 6.04 Å². The third-order valence-corrected chi connectivity index (χ3v) is 2.41. The largest absolute Gasteiger partial charge is 0.460 e. The molecule has 78 valence electrons. The van der Waals surface area contributed by atoms with E-state index in [2.05, 4.69) is 6.92 Å². The van der Waals surface area contributed by atoms with Gasteiger partial charge in [0.2, 0.25) is 0 Å². The molecule has 0 saturated carbocycles. The van der Waals surface area contributed by atoms with Gasteiger partial charge in [-0.05, 0) is 31.6 Å². The normalized spacial score (nSPS) is 19.9. The number of aryl methyl sites for hydroxylation is 1. The van der Waals surface area contributed by atoms with Crippen LogP contribution in [-0.4, -0.2) is 6.04 Å². The lowest BCUT2D eigenvalue weighted by molar-refractivity contribution is 0.381. The van der Waals surface area contributed by atoms with E-state index < -0.39 is 0 Å². The lowest BCUT2D eigenvalue weighted by Crippen LogP contribution is -2.26. The first-order valence-corrected chi connectivity index (χ1v) is 5.12. The highest BCUT2D eigenvalue weighted by Gasteiger charge is 2.12. The Hall–Kier alpha value is -1.54. The van der Waals surface area contributed by atoms with E-state index in [1.165, 1.54) is 5.56 Å². The summed E-state index contributed by atoms with van der Waals surface area (Å²) in [6.07, 6.45) is 6.80. The second-order valence-electron chi connectivity index (χ2n) is 3.75. The zero-order valence-corrected chi connectivity index (χ0v) is 8.81. The minimum absolute atomic E-state index is 0.0173. The van der Waals surface area contributed by atoms with Gasteiger partial charge in [0.25, 0.3) is 0 Å². The van der Waals surface area contributed by atoms with Gasteiger partial charge in [-0.15, -0.1) is 0 Å². The number of benzene rings is 1. The van der Waals surface area contributed by atoms with Gasteiger partial charge in [-0.2, -0.15) is 0 Å². The summed E-state index contributed by atoms with van der Waals surface area (Å²) in [5.41, 5.74) is 7.14. The first kappa shape index (κ1) is 9.99. The van der Waals surface area contributed by atoms with Crippen LogP contribution in [0.5, 0.6) is 5.75 Å². The van der Waals surface area contributed by atoms with Crippen molar-refractivity contribution in [2.75, 3.05) is 0 Å². The Kier molecular flexibility index (Phi) is 2.88. The van der Waals surface area contributed by atoms with E-state index in [0.29, 0.717) is 0 Å². The van der Waals surface area contributed by atoms with Crippen molar-refractivity contribution in [3.8, 4) is 5.75 Å². The van der Waals surface area contributed by atoms with Gasteiger partial charge in [-0.1, -0.05) is 29.8 Å². The van der Waals surface area contributed by atoms with Gasteiger partial charge in [0.1, 0.15) is 11.5 Å². The number of rotatable bonds is 2. The topological polar surface area (TPSA) is 35.2 Å². The minimum atomic E-state index is -0.0173. The molecule has 2 nitrogen and oxygen atoms in total. The van der Waals surface area contributed by atoms with Crippen LogP contribution >= 0.6 is 0 Å². The molecule has 0 radical (unpaired) electrons. The fourth-order valence-electron chi connectivity index (χ4n) is 1.48. The fraction of sp³-hybridized carbons (Fsp3) is 0.231. The first-order chi connectivity index (χ1) is 7.25. The molecule has 2 rings (SSSR count). The molecule has 0 unspecified atom stereocenters. The average molecular weight is 201 g/mol. The Bertz CT molecular complexity index is 390. The maximum absolute atomic E-state index is 5.91. The Morgan fingerprint density at radius 1 is 1.27 bits per heavy atom. The lowest BCUT2D eigenvalue weighted by Gasteiger charge is -2.17. The van der Waals surface area contributed by atoms with E-state index in [1.54, 1.807) is 0 Å². The van der Waals surface area contributed by atoms with Crippen molar-refractivity contribution in [1.29, 1.82) is 0 Å². The summed E-state index contributed by atoms with van der Waals surface area (Å²) in [6, 6.07) is 7.96. The van der Waals surface area contributed by atoms with Gasteiger partial charge in [-0.25, -0.2) is 0 Å². The highest BCUT2D eigenvalue weighted by molar-refractivity contribution is 5.30. The smallest absolute Gasteiger partial charge is 0.127 e. The molecule has 0 aliphatic heterocycles. The molecule has 0 saturated heterocycles. The Morgan fingerprint density at radius 2 is 2.00 bits per heavy atom. The summed E-state index contributed by atoms with van der Waals surface area (Å²) in [5.74, 6) is 1.68. The van der Waals surface area contributed by atoms with Crippen molar-refractivity contribution in [3.63, 3.8) is 0 Å². The number of allylic oxidation sites excluding steroid dienone is 2. The van der Waals surface area contributed by atoms with Gasteiger partial charge in [0.05, 0.1) is 6.04 Å². The highest BCUT2D eigenvalue weighted by atomic mass is 16.5. The van der Waals surface area contributed by atoms with Crippen LogP contribution in [0.1, 0.15) is 12.0 Å². The molecule has 2 heteroatoms. The van der Waals surface area contributed by atoms with Gasteiger partial charge >= 0.3 is 0 Å². The predicted octanol–water partition coefficient (Wildman–Crippen LogP) is 2.54. The summed E-state index contributed by atoms with van der Waals surface area (Å²) in [4.78, 5) is 0. The Morgan fingerprint density at radius 3 is 2.67 bits per heavy atom. The second-order valence-corrected chi connectivity index (χ2v) is 3.75. The van der Waals surface area contributed by atoms with E-state index >= 15 is 0 Å². The predicted molar refractivity (Wildman–Crippen MR) is 61.6 cm³/mol. The molecule has 0 aromatic heterocycles. The third-order valence-electron chi connectivity index (χ3n) is 2.41. The van der Waals surface area contributed by atoms with Crippen molar-refractivity contribution >= 4 is 0 Å². The number of hydrogen-bond donors (Lipinski definition) is 1. The van der Waals surface area contributed by atoms with Crippen LogP contribution in [0.4, 0.5) is 0 Å². The maximum atomic E-state index is 5.91. The molecule has 0 bridgehead atoms. The third kappa shape index (κ3) is 2.48. The van der Waals surface area contributed by atoms with Gasteiger partial charge in [0.15, 0.2) is 0 Å². The van der Waals surface area contributed by atoms with Crippen molar-refractivity contribution < 1.29 is 4.74 Å². The van der Waals surface area contributed by atoms with Crippen LogP contribution in [0.3, 0.4) is 0 Å². The van der Waals surface area contributed by atoms with Crippen LogP contribution in [-0.2, 0) is 0 Å². The summed E-state index contributed by atoms with van der Waals surface area (Å²) in [5, 5.41) is 0. The van der Waals surface area contributed by atoms with Crippen molar-refractivity contribution in [1.82, 2.24) is 0 Å². The summed E-state index contributed by atoms with van der Waals surface area (Å²) in [6.45, 7) is 2.05. The standard InChI is InChI=1S/C13H15NO/c1-10-6-8-11(9-7-10)15-13-5-3-2-4-12(13)14/h2-3,5-9,12H,4,14H2,1H3/t12-/m0/s1. The van der Waals surface area contributed by atoms with E-state index in [4.69, 9.17) is 10.5 Å². The molecule has 0 heterocycles. The Balaban J connectivity index is 2.11. The van der Waals surface area contributed by atoms with Crippen molar-refractivity contribution in [2.24, 2.45) is 5.73 Å². The maximum Gasteiger partial charge on any atom is 0.127 e. The van der Waals surface area contributed by atoms with Gasteiger partial charge < -0.3 is 10.5 Å². The van der Waals surface area contributed by atoms with Crippen molar-refractivity contribution in [3.05, 3.63) is 53.8 Å². The lowest BCUT2D eigenvalue weighted by atomic mass is 10.1. The minimum Gasteiger partial charge on any atom is -0.460 e. The quantitative estimate of drug-likeness (QED) is 0.798. The first-order valence-electron chi connectivity index (χ1n) is 5.12. The molecule has 0 fully saturated rings. The summed E-state index contributed by atoms with van der Waals surface area (Å²) in [7, 11) is 0. The molecule has 1 atom stereocenters. The molecule has 15 heavy (non-hydrogen) atoms. The summed E-state index contributed by atoms with van der Waals surface area (Å²) >= 11 is 0. The van der Waals surface area contributed by atoms with E-state index in [1.807, 2.05) is 42.5 Å². The number of hydrogen-bond acceptors (Lipinski definition) is 2. The SMILES string of the molecule is Cc1ccc(OC2=CC=CC[C@@H]2N)cc1.